The molecule has 0 aromatic heterocycles. The molecule has 0 unspecified atom stereocenters. The Labute approximate surface area is 212 Å². The van der Waals surface area contributed by atoms with Gasteiger partial charge in [-0.1, -0.05) is 42.1 Å². The number of rotatable bonds is 8. The molecular formula is C26H22N2O5S2. The molecule has 0 saturated carbocycles. The smallest absolute Gasteiger partial charge is 0.285 e. The Balaban J connectivity index is 1.41. The van der Waals surface area contributed by atoms with E-state index < -0.39 is 11.8 Å². The van der Waals surface area contributed by atoms with Gasteiger partial charge in [-0.2, -0.15) is 5.01 Å². The van der Waals surface area contributed by atoms with E-state index in [9.17, 15) is 9.59 Å². The maximum atomic E-state index is 12.9. The summed E-state index contributed by atoms with van der Waals surface area (Å²) in [7, 11) is 3.10. The van der Waals surface area contributed by atoms with Crippen molar-refractivity contribution in [2.75, 3.05) is 14.2 Å². The van der Waals surface area contributed by atoms with E-state index in [1.54, 1.807) is 55.7 Å². The highest BCUT2D eigenvalue weighted by Crippen LogP contribution is 2.34. The third kappa shape index (κ3) is 5.82. The van der Waals surface area contributed by atoms with Crippen molar-refractivity contribution in [2.45, 2.75) is 6.61 Å². The lowest BCUT2D eigenvalue weighted by molar-refractivity contribution is -0.123. The number of ether oxygens (including phenoxy) is 3. The fourth-order valence-electron chi connectivity index (χ4n) is 3.25. The maximum absolute atomic E-state index is 12.9. The van der Waals surface area contributed by atoms with Crippen LogP contribution in [0.15, 0.2) is 77.7 Å². The molecule has 0 atom stereocenters. The number of hydrogen-bond donors (Lipinski definition) is 1. The summed E-state index contributed by atoms with van der Waals surface area (Å²) < 4.78 is 16.6. The molecule has 1 aliphatic rings. The molecule has 9 heteroatoms. The van der Waals surface area contributed by atoms with Crippen molar-refractivity contribution in [2.24, 2.45) is 0 Å². The van der Waals surface area contributed by atoms with Gasteiger partial charge in [0.05, 0.1) is 19.1 Å². The summed E-state index contributed by atoms with van der Waals surface area (Å²) in [4.78, 5) is 26.0. The fraction of sp³-hybridized carbons (Fsp3) is 0.115. The van der Waals surface area contributed by atoms with Gasteiger partial charge in [0.15, 0.2) is 4.32 Å². The van der Waals surface area contributed by atoms with Crippen molar-refractivity contribution in [3.05, 3.63) is 94.4 Å². The number of hydrogen-bond acceptors (Lipinski definition) is 7. The minimum atomic E-state index is -0.459. The van der Waals surface area contributed by atoms with Gasteiger partial charge in [0, 0.05) is 17.2 Å². The molecule has 35 heavy (non-hydrogen) atoms. The molecule has 1 saturated heterocycles. The third-order valence-electron chi connectivity index (χ3n) is 5.10. The first kappa shape index (κ1) is 24.3. The lowest BCUT2D eigenvalue weighted by Gasteiger charge is -2.16. The number of benzene rings is 3. The Hall–Kier alpha value is -3.82. The van der Waals surface area contributed by atoms with Crippen LogP contribution in [0, 0.1) is 0 Å². The number of nitrogens with one attached hydrogen (secondary N) is 1. The van der Waals surface area contributed by atoms with Gasteiger partial charge in [-0.25, -0.2) is 0 Å². The molecule has 0 spiro atoms. The molecule has 0 radical (unpaired) electrons. The average Bonchev–Trinajstić information content (AvgIpc) is 3.15. The van der Waals surface area contributed by atoms with Gasteiger partial charge < -0.3 is 14.2 Å². The minimum absolute atomic E-state index is 0.227. The summed E-state index contributed by atoms with van der Waals surface area (Å²) in [5.41, 5.74) is 4.68. The molecule has 7 nitrogen and oxygen atoms in total. The van der Waals surface area contributed by atoms with Crippen LogP contribution in [0.25, 0.3) is 6.08 Å². The Morgan fingerprint density at radius 2 is 1.71 bits per heavy atom. The maximum Gasteiger partial charge on any atom is 0.285 e. The average molecular weight is 507 g/mol. The van der Waals surface area contributed by atoms with Crippen LogP contribution < -0.4 is 19.6 Å². The van der Waals surface area contributed by atoms with Crippen molar-refractivity contribution in [3.63, 3.8) is 0 Å². The highest BCUT2D eigenvalue weighted by Gasteiger charge is 2.34. The van der Waals surface area contributed by atoms with E-state index in [1.165, 1.54) is 7.11 Å². The zero-order chi connectivity index (χ0) is 24.8. The van der Waals surface area contributed by atoms with Gasteiger partial charge in [-0.3, -0.25) is 15.0 Å². The number of carbonyl (C=O) groups is 2. The van der Waals surface area contributed by atoms with Crippen LogP contribution in [0.3, 0.4) is 0 Å². The second-order valence-corrected chi connectivity index (χ2v) is 9.04. The molecule has 1 N–H and O–H groups in total. The predicted molar refractivity (Wildman–Crippen MR) is 139 cm³/mol. The number of carbonyl (C=O) groups excluding carboxylic acids is 2. The lowest BCUT2D eigenvalue weighted by Crippen LogP contribution is -2.44. The first-order valence-electron chi connectivity index (χ1n) is 10.6. The zero-order valence-corrected chi connectivity index (χ0v) is 20.7. The predicted octanol–water partition coefficient (Wildman–Crippen LogP) is 4.83. The van der Waals surface area contributed by atoms with Crippen LogP contribution in [0.5, 0.6) is 17.2 Å². The first-order chi connectivity index (χ1) is 17.0. The molecule has 3 aromatic rings. The second kappa shape index (κ2) is 11.1. The SMILES string of the molecule is COc1ccc(C=C2SC(=S)N(NC(=O)c3ccc(OCc4ccccc4)cc3)C2=O)c(OC)c1. The number of amides is 2. The van der Waals surface area contributed by atoms with E-state index in [-0.39, 0.29) is 4.32 Å². The topological polar surface area (TPSA) is 77.1 Å². The molecule has 3 aromatic carbocycles. The van der Waals surface area contributed by atoms with Crippen LogP contribution in [-0.4, -0.2) is 35.4 Å². The third-order valence-corrected chi connectivity index (χ3v) is 6.40. The number of thioether (sulfide) groups is 1. The number of hydrazine groups is 1. The van der Waals surface area contributed by atoms with Crippen LogP contribution in [-0.2, 0) is 11.4 Å². The van der Waals surface area contributed by atoms with E-state index in [0.717, 1.165) is 22.3 Å². The molecule has 178 valence electrons. The Bertz CT molecular complexity index is 1280. The number of methoxy groups -OCH3 is 2. The largest absolute Gasteiger partial charge is 0.497 e. The normalized spacial score (nSPS) is 14.2. The van der Waals surface area contributed by atoms with Gasteiger partial charge in [-0.05, 0) is 60.3 Å². The molecular weight excluding hydrogens is 484 g/mol. The summed E-state index contributed by atoms with van der Waals surface area (Å²) in [5, 5.41) is 1.07. The van der Waals surface area contributed by atoms with E-state index in [2.05, 4.69) is 5.43 Å². The first-order valence-corrected chi connectivity index (χ1v) is 11.8. The molecule has 1 fully saturated rings. The lowest BCUT2D eigenvalue weighted by atomic mass is 10.1. The molecule has 1 heterocycles. The Morgan fingerprint density at radius 1 is 1.00 bits per heavy atom. The molecule has 0 bridgehead atoms. The minimum Gasteiger partial charge on any atom is -0.497 e. The summed E-state index contributed by atoms with van der Waals surface area (Å²) in [5.74, 6) is 0.934. The van der Waals surface area contributed by atoms with Crippen LogP contribution in [0.4, 0.5) is 0 Å². The summed E-state index contributed by atoms with van der Waals surface area (Å²) in [6, 6.07) is 21.7. The highest BCUT2D eigenvalue weighted by molar-refractivity contribution is 8.26. The summed E-state index contributed by atoms with van der Waals surface area (Å²) >= 11 is 6.42. The number of thiocarbonyl (C=S) groups is 1. The quantitative estimate of drug-likeness (QED) is 0.346. The summed E-state index contributed by atoms with van der Waals surface area (Å²) in [6.07, 6.45) is 1.67. The monoisotopic (exact) mass is 506 g/mol. The van der Waals surface area contributed by atoms with Crippen LogP contribution >= 0.6 is 24.0 Å². The van der Waals surface area contributed by atoms with Crippen LogP contribution in [0.2, 0.25) is 0 Å². The van der Waals surface area contributed by atoms with Gasteiger partial charge >= 0.3 is 0 Å². The van der Waals surface area contributed by atoms with Gasteiger partial charge in [0.25, 0.3) is 11.8 Å². The van der Waals surface area contributed by atoms with Crippen molar-refractivity contribution in [1.29, 1.82) is 0 Å². The van der Waals surface area contributed by atoms with Gasteiger partial charge in [0.1, 0.15) is 23.9 Å². The second-order valence-electron chi connectivity index (χ2n) is 7.36. The molecule has 1 aliphatic heterocycles. The van der Waals surface area contributed by atoms with Crippen molar-refractivity contribution in [3.8, 4) is 17.2 Å². The molecule has 2 amide bonds. The number of nitrogens with zero attached hydrogens (tertiary/aromatic N) is 1. The standard InChI is InChI=1S/C26H22N2O5S2/c1-31-21-13-10-19(22(15-21)32-2)14-23-25(30)28(26(34)35-23)27-24(29)18-8-11-20(12-9-18)33-16-17-6-4-3-5-7-17/h3-15H,16H2,1-2H3,(H,27,29). The van der Waals surface area contributed by atoms with Crippen LogP contribution in [0.1, 0.15) is 21.5 Å². The van der Waals surface area contributed by atoms with E-state index >= 15 is 0 Å². The zero-order valence-electron chi connectivity index (χ0n) is 19.0. The van der Waals surface area contributed by atoms with Gasteiger partial charge in [0.2, 0.25) is 0 Å². The molecule has 4 rings (SSSR count). The van der Waals surface area contributed by atoms with Crippen molar-refractivity contribution in [1.82, 2.24) is 10.4 Å². The van der Waals surface area contributed by atoms with E-state index in [1.807, 2.05) is 30.3 Å². The van der Waals surface area contributed by atoms with E-state index in [4.69, 9.17) is 26.4 Å². The van der Waals surface area contributed by atoms with Crippen molar-refractivity contribution < 1.29 is 23.8 Å². The highest BCUT2D eigenvalue weighted by atomic mass is 32.2. The fourth-order valence-corrected chi connectivity index (χ4v) is 4.42. The molecule has 0 aliphatic carbocycles. The van der Waals surface area contributed by atoms with Gasteiger partial charge in [-0.15, -0.1) is 0 Å². The van der Waals surface area contributed by atoms with E-state index in [0.29, 0.717) is 39.9 Å². The Kier molecular flexibility index (Phi) is 7.69. The van der Waals surface area contributed by atoms with Crippen molar-refractivity contribution >= 4 is 46.2 Å². The Morgan fingerprint density at radius 3 is 2.40 bits per heavy atom. The summed E-state index contributed by atoms with van der Waals surface area (Å²) in [6.45, 7) is 0.425.